The Balaban J connectivity index is 1.91. The predicted molar refractivity (Wildman–Crippen MR) is 81.0 cm³/mol. The lowest BCUT2D eigenvalue weighted by Crippen LogP contribution is -2.53. The number of hydrogen-bond donors (Lipinski definition) is 1. The second-order valence-corrected chi connectivity index (χ2v) is 5.74. The summed E-state index contributed by atoms with van der Waals surface area (Å²) in [4.78, 5) is 27.3. The Bertz CT molecular complexity index is 552. The van der Waals surface area contributed by atoms with Gasteiger partial charge in [-0.05, 0) is 31.0 Å². The van der Waals surface area contributed by atoms with Crippen molar-refractivity contribution in [2.75, 3.05) is 31.6 Å². The van der Waals surface area contributed by atoms with Crippen LogP contribution in [0.3, 0.4) is 0 Å². The molecule has 0 aromatic heterocycles. The topological polar surface area (TPSA) is 52.6 Å². The molecule has 2 heterocycles. The van der Waals surface area contributed by atoms with Crippen LogP contribution in [0.25, 0.3) is 0 Å². The van der Waals surface area contributed by atoms with Gasteiger partial charge in [-0.2, -0.15) is 0 Å². The Morgan fingerprint density at radius 3 is 2.67 bits per heavy atom. The molecule has 1 aromatic rings. The number of piperidine rings is 1. The minimum atomic E-state index is -0.424. The number of nitrogens with zero attached hydrogens (tertiary/aromatic N) is 2. The van der Waals surface area contributed by atoms with Crippen LogP contribution in [0.5, 0.6) is 0 Å². The molecule has 1 unspecified atom stereocenters. The van der Waals surface area contributed by atoms with E-state index in [1.807, 2.05) is 18.2 Å². The Labute approximate surface area is 124 Å². The van der Waals surface area contributed by atoms with Gasteiger partial charge >= 0.3 is 11.8 Å². The van der Waals surface area contributed by atoms with Crippen LogP contribution in [-0.2, 0) is 9.59 Å². The number of hydrogen-bond acceptors (Lipinski definition) is 3. The molecule has 1 aromatic carbocycles. The molecule has 2 saturated heterocycles. The van der Waals surface area contributed by atoms with Gasteiger partial charge in [0.15, 0.2) is 0 Å². The van der Waals surface area contributed by atoms with Crippen molar-refractivity contribution >= 4 is 17.5 Å². The molecule has 3 rings (SSSR count). The third kappa shape index (κ3) is 2.65. The number of rotatable bonds is 2. The summed E-state index contributed by atoms with van der Waals surface area (Å²) in [6.07, 6.45) is 3.47. The number of carbonyl (C=O) groups is 2. The van der Waals surface area contributed by atoms with E-state index in [-0.39, 0.29) is 6.04 Å². The zero-order valence-electron chi connectivity index (χ0n) is 12.3. The Kier molecular flexibility index (Phi) is 3.92. The molecule has 5 heteroatoms. The Morgan fingerprint density at radius 2 is 1.90 bits per heavy atom. The first-order valence-electron chi connectivity index (χ1n) is 7.58. The second-order valence-electron chi connectivity index (χ2n) is 5.74. The van der Waals surface area contributed by atoms with E-state index in [1.165, 1.54) is 17.7 Å². The SMILES string of the molecule is CN1CCN(c2ccccc2C2CCCCN2)C(=O)C1=O. The van der Waals surface area contributed by atoms with Gasteiger partial charge in [0.2, 0.25) is 0 Å². The highest BCUT2D eigenvalue weighted by Crippen LogP contribution is 2.32. The van der Waals surface area contributed by atoms with Crippen molar-refractivity contribution in [3.05, 3.63) is 29.8 Å². The van der Waals surface area contributed by atoms with E-state index in [0.717, 1.165) is 24.2 Å². The molecule has 2 aliphatic heterocycles. The number of carbonyl (C=O) groups excluding carboxylic acids is 2. The molecular formula is C16H21N3O2. The summed E-state index contributed by atoms with van der Waals surface area (Å²) in [5, 5.41) is 3.52. The summed E-state index contributed by atoms with van der Waals surface area (Å²) in [6, 6.07) is 8.21. The van der Waals surface area contributed by atoms with Crippen molar-refractivity contribution in [1.82, 2.24) is 10.2 Å². The summed E-state index contributed by atoms with van der Waals surface area (Å²) in [7, 11) is 1.67. The number of piperazine rings is 1. The van der Waals surface area contributed by atoms with Crippen molar-refractivity contribution in [3.8, 4) is 0 Å². The van der Waals surface area contributed by atoms with Gasteiger partial charge in [0.25, 0.3) is 0 Å². The molecule has 0 aliphatic carbocycles. The van der Waals surface area contributed by atoms with Crippen LogP contribution in [0, 0.1) is 0 Å². The van der Waals surface area contributed by atoms with Crippen LogP contribution in [0.4, 0.5) is 5.69 Å². The van der Waals surface area contributed by atoms with E-state index < -0.39 is 11.8 Å². The van der Waals surface area contributed by atoms with Gasteiger partial charge in [-0.25, -0.2) is 0 Å². The van der Waals surface area contributed by atoms with Crippen LogP contribution in [0.15, 0.2) is 24.3 Å². The molecule has 0 bridgehead atoms. The molecule has 2 aliphatic rings. The quantitative estimate of drug-likeness (QED) is 0.834. The van der Waals surface area contributed by atoms with Crippen molar-refractivity contribution in [1.29, 1.82) is 0 Å². The highest BCUT2D eigenvalue weighted by atomic mass is 16.2. The zero-order valence-corrected chi connectivity index (χ0v) is 12.3. The maximum Gasteiger partial charge on any atom is 0.316 e. The molecule has 112 valence electrons. The van der Waals surface area contributed by atoms with E-state index in [9.17, 15) is 9.59 Å². The minimum absolute atomic E-state index is 0.275. The fourth-order valence-electron chi connectivity index (χ4n) is 3.11. The third-order valence-corrected chi connectivity index (χ3v) is 4.35. The predicted octanol–water partition coefficient (Wildman–Crippen LogP) is 1.31. The first-order chi connectivity index (χ1) is 10.2. The van der Waals surface area contributed by atoms with E-state index in [1.54, 1.807) is 11.9 Å². The number of likely N-dealkylation sites (N-methyl/N-ethyl adjacent to an activating group) is 1. The van der Waals surface area contributed by atoms with E-state index in [4.69, 9.17) is 0 Å². The average molecular weight is 287 g/mol. The van der Waals surface area contributed by atoms with Crippen molar-refractivity contribution in [3.63, 3.8) is 0 Å². The summed E-state index contributed by atoms with van der Waals surface area (Å²) >= 11 is 0. The fourth-order valence-corrected chi connectivity index (χ4v) is 3.11. The molecule has 0 saturated carbocycles. The van der Waals surface area contributed by atoms with Gasteiger partial charge in [0.1, 0.15) is 0 Å². The van der Waals surface area contributed by atoms with Crippen molar-refractivity contribution < 1.29 is 9.59 Å². The highest BCUT2D eigenvalue weighted by Gasteiger charge is 2.33. The lowest BCUT2D eigenvalue weighted by Gasteiger charge is -2.34. The molecule has 2 amide bonds. The smallest absolute Gasteiger partial charge is 0.316 e. The van der Waals surface area contributed by atoms with E-state index in [2.05, 4.69) is 11.4 Å². The van der Waals surface area contributed by atoms with Gasteiger partial charge in [-0.1, -0.05) is 24.6 Å². The van der Waals surface area contributed by atoms with Crippen molar-refractivity contribution in [2.24, 2.45) is 0 Å². The molecule has 0 radical (unpaired) electrons. The van der Waals surface area contributed by atoms with Crippen LogP contribution in [0.2, 0.25) is 0 Å². The van der Waals surface area contributed by atoms with Crippen LogP contribution in [0.1, 0.15) is 30.9 Å². The van der Waals surface area contributed by atoms with E-state index in [0.29, 0.717) is 13.1 Å². The normalized spacial score (nSPS) is 23.6. The molecule has 2 fully saturated rings. The van der Waals surface area contributed by atoms with Crippen LogP contribution in [-0.4, -0.2) is 43.4 Å². The number of para-hydroxylation sites is 1. The van der Waals surface area contributed by atoms with Gasteiger partial charge in [-0.15, -0.1) is 0 Å². The first-order valence-corrected chi connectivity index (χ1v) is 7.58. The summed E-state index contributed by atoms with van der Waals surface area (Å²) in [5.41, 5.74) is 2.01. The maximum atomic E-state index is 12.3. The van der Waals surface area contributed by atoms with Crippen LogP contribution >= 0.6 is 0 Å². The standard InChI is InChI=1S/C16H21N3O2/c1-18-10-11-19(16(21)15(18)20)14-8-3-2-6-12(14)13-7-4-5-9-17-13/h2-3,6,8,13,17H,4-5,7,9-11H2,1H3. The van der Waals surface area contributed by atoms with Crippen LogP contribution < -0.4 is 10.2 Å². The Hall–Kier alpha value is -1.88. The molecule has 1 N–H and O–H groups in total. The first kappa shape index (κ1) is 14.1. The monoisotopic (exact) mass is 287 g/mol. The minimum Gasteiger partial charge on any atom is -0.336 e. The fraction of sp³-hybridized carbons (Fsp3) is 0.500. The lowest BCUT2D eigenvalue weighted by atomic mass is 9.95. The van der Waals surface area contributed by atoms with Gasteiger partial charge in [0.05, 0.1) is 0 Å². The van der Waals surface area contributed by atoms with E-state index >= 15 is 0 Å². The lowest BCUT2D eigenvalue weighted by molar-refractivity contribution is -0.145. The van der Waals surface area contributed by atoms with Gasteiger partial charge < -0.3 is 15.1 Å². The second kappa shape index (κ2) is 5.85. The van der Waals surface area contributed by atoms with Gasteiger partial charge in [0, 0.05) is 31.9 Å². The summed E-state index contributed by atoms with van der Waals surface area (Å²) in [5.74, 6) is -0.848. The molecule has 0 spiro atoms. The molecule has 1 atom stereocenters. The number of nitrogens with one attached hydrogen (secondary N) is 1. The molecule has 5 nitrogen and oxygen atoms in total. The molecular weight excluding hydrogens is 266 g/mol. The Morgan fingerprint density at radius 1 is 1.10 bits per heavy atom. The van der Waals surface area contributed by atoms with Crippen molar-refractivity contribution in [2.45, 2.75) is 25.3 Å². The maximum absolute atomic E-state index is 12.3. The average Bonchev–Trinajstić information content (AvgIpc) is 2.54. The number of amides is 2. The number of anilines is 1. The largest absolute Gasteiger partial charge is 0.336 e. The van der Waals surface area contributed by atoms with Gasteiger partial charge in [-0.3, -0.25) is 9.59 Å². The highest BCUT2D eigenvalue weighted by molar-refractivity contribution is 6.41. The molecule has 21 heavy (non-hydrogen) atoms. The number of benzene rings is 1. The third-order valence-electron chi connectivity index (χ3n) is 4.35. The summed E-state index contributed by atoms with van der Waals surface area (Å²) in [6.45, 7) is 2.15. The summed E-state index contributed by atoms with van der Waals surface area (Å²) < 4.78 is 0. The zero-order chi connectivity index (χ0) is 14.8.